The summed E-state index contributed by atoms with van der Waals surface area (Å²) in [7, 11) is -3.85. The summed E-state index contributed by atoms with van der Waals surface area (Å²) in [6, 6.07) is 0. The molecule has 1 fully saturated rings. The molecule has 94 valence electrons. The van der Waals surface area contributed by atoms with Crippen LogP contribution < -0.4 is 0 Å². The third-order valence-electron chi connectivity index (χ3n) is 2.46. The topological polar surface area (TPSA) is 46.4 Å². The first-order valence-electron chi connectivity index (χ1n) is 4.39. The van der Waals surface area contributed by atoms with Gasteiger partial charge in [-0.2, -0.15) is 12.7 Å². The fourth-order valence-corrected chi connectivity index (χ4v) is 2.99. The van der Waals surface area contributed by atoms with Gasteiger partial charge in [-0.3, -0.25) is 4.18 Å². The maximum Gasteiger partial charge on any atom is 0.339 e. The van der Waals surface area contributed by atoms with Gasteiger partial charge in [0.05, 0.1) is 5.54 Å². The molecule has 0 aromatic heterocycles. The second kappa shape index (κ2) is 4.30. The van der Waals surface area contributed by atoms with Crippen LogP contribution in [-0.4, -0.2) is 35.2 Å². The Kier molecular flexibility index (Phi) is 3.91. The smallest absolute Gasteiger partial charge is 0.253 e. The molecule has 0 aliphatic carbocycles. The summed E-state index contributed by atoms with van der Waals surface area (Å²) in [6.07, 6.45) is 0. The summed E-state index contributed by atoms with van der Waals surface area (Å²) in [6.45, 7) is 7.06. The van der Waals surface area contributed by atoms with Crippen LogP contribution in [0.3, 0.4) is 0 Å². The van der Waals surface area contributed by atoms with E-state index in [0.717, 1.165) is 5.57 Å². The molecular weight excluding hydrogens is 297 g/mol. The Morgan fingerprint density at radius 3 is 2.38 bits per heavy atom. The average Bonchev–Trinajstić information content (AvgIpc) is 2.76. The van der Waals surface area contributed by atoms with Crippen LogP contribution >= 0.6 is 34.8 Å². The molecule has 1 rings (SSSR count). The summed E-state index contributed by atoms with van der Waals surface area (Å²) >= 11 is 16.2. The highest BCUT2D eigenvalue weighted by Crippen LogP contribution is 2.41. The first-order chi connectivity index (χ1) is 6.99. The predicted octanol–water partition coefficient (Wildman–Crippen LogP) is 2.27. The second-order valence-corrected chi connectivity index (χ2v) is 7.94. The maximum absolute atomic E-state index is 11.6. The molecule has 2 unspecified atom stereocenters. The molecule has 0 radical (unpaired) electrons. The summed E-state index contributed by atoms with van der Waals surface area (Å²) < 4.78 is 27.3. The van der Waals surface area contributed by atoms with E-state index in [-0.39, 0.29) is 0 Å². The summed E-state index contributed by atoms with van der Waals surface area (Å²) in [5, 5.41) is 0. The van der Waals surface area contributed by atoms with Crippen molar-refractivity contribution in [3.63, 3.8) is 0 Å². The molecule has 1 heterocycles. The fraction of sp³-hybridized carbons (Fsp3) is 0.750. The van der Waals surface area contributed by atoms with Gasteiger partial charge in [-0.25, -0.2) is 0 Å². The SMILES string of the molecule is C=C(C)C1(C)CN1S(=O)(=O)OCC(Cl)(Cl)Cl. The van der Waals surface area contributed by atoms with Crippen molar-refractivity contribution in [3.8, 4) is 0 Å². The minimum Gasteiger partial charge on any atom is -0.253 e. The van der Waals surface area contributed by atoms with Crippen LogP contribution in [0.25, 0.3) is 0 Å². The van der Waals surface area contributed by atoms with Gasteiger partial charge in [0.15, 0.2) is 0 Å². The van der Waals surface area contributed by atoms with E-state index in [1.807, 2.05) is 0 Å². The van der Waals surface area contributed by atoms with Crippen molar-refractivity contribution in [3.05, 3.63) is 12.2 Å². The standard InChI is InChI=1S/C8H12Cl3NO3S/c1-6(2)7(3)4-12(7)16(13,14)15-5-8(9,10)11/h1,4-5H2,2-3H3. The van der Waals surface area contributed by atoms with Crippen LogP contribution in [-0.2, 0) is 14.5 Å². The van der Waals surface area contributed by atoms with Crippen molar-refractivity contribution < 1.29 is 12.6 Å². The Bertz CT molecular complexity index is 403. The molecule has 16 heavy (non-hydrogen) atoms. The Morgan fingerprint density at radius 2 is 2.06 bits per heavy atom. The number of nitrogens with zero attached hydrogens (tertiary/aromatic N) is 1. The normalized spacial score (nSPS) is 30.2. The minimum atomic E-state index is -3.85. The van der Waals surface area contributed by atoms with Crippen LogP contribution in [0, 0.1) is 0 Å². The number of hydrogen-bond acceptors (Lipinski definition) is 3. The van der Waals surface area contributed by atoms with Gasteiger partial charge in [-0.1, -0.05) is 47.0 Å². The van der Waals surface area contributed by atoms with Gasteiger partial charge in [-0.15, -0.1) is 0 Å². The minimum absolute atomic E-state index is 0.338. The first kappa shape index (κ1) is 14.5. The zero-order valence-corrected chi connectivity index (χ0v) is 11.9. The Balaban J connectivity index is 2.66. The largest absolute Gasteiger partial charge is 0.339 e. The second-order valence-electron chi connectivity index (χ2n) is 3.90. The van der Waals surface area contributed by atoms with Gasteiger partial charge >= 0.3 is 10.3 Å². The number of halogens is 3. The van der Waals surface area contributed by atoms with E-state index in [1.165, 1.54) is 4.31 Å². The molecule has 0 aromatic rings. The molecule has 0 saturated carbocycles. The van der Waals surface area contributed by atoms with Gasteiger partial charge in [0.25, 0.3) is 0 Å². The van der Waals surface area contributed by atoms with Crippen molar-refractivity contribution in [1.82, 2.24) is 4.31 Å². The highest BCUT2D eigenvalue weighted by Gasteiger charge is 2.56. The zero-order valence-electron chi connectivity index (χ0n) is 8.84. The van der Waals surface area contributed by atoms with E-state index in [9.17, 15) is 8.42 Å². The van der Waals surface area contributed by atoms with Gasteiger partial charge in [0.1, 0.15) is 6.61 Å². The molecule has 4 nitrogen and oxygen atoms in total. The van der Waals surface area contributed by atoms with Crippen molar-refractivity contribution >= 4 is 45.1 Å². The first-order valence-corrected chi connectivity index (χ1v) is 6.89. The molecule has 1 saturated heterocycles. The third kappa shape index (κ3) is 3.24. The fourth-order valence-electron chi connectivity index (χ4n) is 1.12. The lowest BCUT2D eigenvalue weighted by Gasteiger charge is -2.15. The molecule has 0 spiro atoms. The number of rotatable bonds is 4. The van der Waals surface area contributed by atoms with E-state index in [0.29, 0.717) is 6.54 Å². The Hall–Kier alpha value is 0.480. The molecule has 0 aromatic carbocycles. The van der Waals surface area contributed by atoms with E-state index >= 15 is 0 Å². The van der Waals surface area contributed by atoms with E-state index in [2.05, 4.69) is 10.8 Å². The lowest BCUT2D eigenvalue weighted by molar-refractivity contribution is 0.301. The lowest BCUT2D eigenvalue weighted by atomic mass is 10.1. The maximum atomic E-state index is 11.6. The molecule has 0 N–H and O–H groups in total. The van der Waals surface area contributed by atoms with Crippen molar-refractivity contribution in [1.29, 1.82) is 0 Å². The zero-order chi connectivity index (χ0) is 12.8. The Morgan fingerprint density at radius 1 is 1.56 bits per heavy atom. The van der Waals surface area contributed by atoms with Gasteiger partial charge < -0.3 is 0 Å². The highest BCUT2D eigenvalue weighted by atomic mass is 35.6. The van der Waals surface area contributed by atoms with Crippen LogP contribution in [0.2, 0.25) is 0 Å². The molecule has 0 bridgehead atoms. The molecule has 2 atom stereocenters. The van der Waals surface area contributed by atoms with Gasteiger partial charge in [-0.05, 0) is 13.8 Å². The van der Waals surface area contributed by atoms with Crippen LogP contribution in [0.5, 0.6) is 0 Å². The summed E-state index contributed by atoms with van der Waals surface area (Å²) in [5.41, 5.74) is 0.167. The summed E-state index contributed by atoms with van der Waals surface area (Å²) in [5.74, 6) is 0. The van der Waals surface area contributed by atoms with Crippen LogP contribution in [0.1, 0.15) is 13.8 Å². The number of alkyl halides is 3. The van der Waals surface area contributed by atoms with Crippen LogP contribution in [0.15, 0.2) is 12.2 Å². The van der Waals surface area contributed by atoms with Gasteiger partial charge in [0.2, 0.25) is 3.79 Å². The van der Waals surface area contributed by atoms with Crippen molar-refractivity contribution in [2.24, 2.45) is 0 Å². The van der Waals surface area contributed by atoms with E-state index < -0.39 is 26.2 Å². The molecular formula is C8H12Cl3NO3S. The van der Waals surface area contributed by atoms with E-state index in [4.69, 9.17) is 34.8 Å². The number of hydrogen-bond donors (Lipinski definition) is 0. The van der Waals surface area contributed by atoms with Crippen LogP contribution in [0.4, 0.5) is 0 Å². The lowest BCUT2D eigenvalue weighted by Crippen LogP contribution is -2.27. The Labute approximate surface area is 110 Å². The third-order valence-corrected chi connectivity index (χ3v) is 4.27. The predicted molar refractivity (Wildman–Crippen MR) is 65.1 cm³/mol. The molecule has 1 aliphatic heterocycles. The molecule has 0 amide bonds. The van der Waals surface area contributed by atoms with E-state index in [1.54, 1.807) is 13.8 Å². The molecule has 1 aliphatic rings. The van der Waals surface area contributed by atoms with Gasteiger partial charge in [0, 0.05) is 6.54 Å². The highest BCUT2D eigenvalue weighted by molar-refractivity contribution is 7.84. The average molecular weight is 309 g/mol. The molecule has 8 heteroatoms. The van der Waals surface area contributed by atoms with Crippen molar-refractivity contribution in [2.45, 2.75) is 23.2 Å². The van der Waals surface area contributed by atoms with Crippen molar-refractivity contribution in [2.75, 3.05) is 13.2 Å². The quantitative estimate of drug-likeness (QED) is 0.455. The summed E-state index contributed by atoms with van der Waals surface area (Å²) in [4.78, 5) is 0. The monoisotopic (exact) mass is 307 g/mol.